The van der Waals surface area contributed by atoms with Gasteiger partial charge >= 0.3 is 0 Å². The third-order valence-corrected chi connectivity index (χ3v) is 7.99. The van der Waals surface area contributed by atoms with Crippen LogP contribution in [0.2, 0.25) is 0 Å². The molecule has 0 unspecified atom stereocenters. The van der Waals surface area contributed by atoms with Crippen molar-refractivity contribution >= 4 is 21.6 Å². The molecule has 4 rings (SSSR count). The summed E-state index contributed by atoms with van der Waals surface area (Å²) in [5.74, 6) is -1.99. The molecule has 1 heterocycles. The van der Waals surface area contributed by atoms with Crippen molar-refractivity contribution < 1.29 is 22.0 Å². The number of anilines is 1. The lowest BCUT2D eigenvalue weighted by molar-refractivity contribution is -0.121. The van der Waals surface area contributed by atoms with Crippen LogP contribution in [0.5, 0.6) is 0 Å². The van der Waals surface area contributed by atoms with Gasteiger partial charge in [-0.25, -0.2) is 17.2 Å². The van der Waals surface area contributed by atoms with E-state index in [1.165, 1.54) is 15.9 Å². The lowest BCUT2D eigenvalue weighted by Gasteiger charge is -2.36. The predicted octanol–water partition coefficient (Wildman–Crippen LogP) is 2.79. The van der Waals surface area contributed by atoms with E-state index in [0.717, 1.165) is 30.9 Å². The summed E-state index contributed by atoms with van der Waals surface area (Å²) in [5.41, 5.74) is 2.25. The molecule has 2 aliphatic rings. The van der Waals surface area contributed by atoms with E-state index in [1.54, 1.807) is 19.1 Å². The first-order chi connectivity index (χ1) is 14.8. The summed E-state index contributed by atoms with van der Waals surface area (Å²) in [7, 11) is -3.59. The van der Waals surface area contributed by atoms with Gasteiger partial charge in [0.1, 0.15) is 11.6 Å². The molecule has 1 N–H and O–H groups in total. The number of hydrogen-bond acceptors (Lipinski definition) is 4. The number of fused-ring (bicyclic) bond motifs is 1. The third kappa shape index (κ3) is 4.49. The number of amides is 1. The molecule has 0 aromatic heterocycles. The molecule has 9 heteroatoms. The Labute approximate surface area is 180 Å². The van der Waals surface area contributed by atoms with E-state index in [1.807, 2.05) is 11.0 Å². The van der Waals surface area contributed by atoms with Crippen LogP contribution in [0.15, 0.2) is 41.3 Å². The van der Waals surface area contributed by atoms with Gasteiger partial charge in [0.05, 0.1) is 16.6 Å². The summed E-state index contributed by atoms with van der Waals surface area (Å²) in [5, 5.41) is 2.47. The molecule has 2 aromatic carbocycles. The first-order valence-corrected chi connectivity index (χ1v) is 11.8. The fourth-order valence-corrected chi connectivity index (χ4v) is 5.66. The molecule has 1 saturated heterocycles. The van der Waals surface area contributed by atoms with Gasteiger partial charge in [0.2, 0.25) is 15.9 Å². The van der Waals surface area contributed by atoms with Gasteiger partial charge in [-0.2, -0.15) is 4.31 Å². The van der Waals surface area contributed by atoms with Crippen LogP contribution < -0.4 is 5.32 Å². The Bertz CT molecular complexity index is 1100. The van der Waals surface area contributed by atoms with Gasteiger partial charge in [0.25, 0.3) is 0 Å². The maximum Gasteiger partial charge on any atom is 0.243 e. The molecule has 0 saturated carbocycles. The number of carbonyl (C=O) groups is 1. The van der Waals surface area contributed by atoms with E-state index >= 15 is 0 Å². The zero-order valence-electron chi connectivity index (χ0n) is 17.3. The highest BCUT2D eigenvalue weighted by atomic mass is 32.2. The van der Waals surface area contributed by atoms with Crippen molar-refractivity contribution in [3.8, 4) is 0 Å². The van der Waals surface area contributed by atoms with E-state index in [-0.39, 0.29) is 18.8 Å². The molecule has 6 nitrogen and oxygen atoms in total. The second-order valence-corrected chi connectivity index (χ2v) is 9.95. The maximum absolute atomic E-state index is 13.8. The molecular formula is C22H25F2N3O3S. The Hall–Kier alpha value is -2.36. The van der Waals surface area contributed by atoms with Gasteiger partial charge in [-0.3, -0.25) is 9.69 Å². The van der Waals surface area contributed by atoms with Crippen molar-refractivity contribution in [2.24, 2.45) is 0 Å². The Morgan fingerprint density at radius 3 is 2.42 bits per heavy atom. The van der Waals surface area contributed by atoms with Crippen molar-refractivity contribution in [2.45, 2.75) is 37.1 Å². The highest BCUT2D eigenvalue weighted by Gasteiger charge is 2.32. The second kappa shape index (κ2) is 8.64. The first-order valence-electron chi connectivity index (χ1n) is 10.4. The monoisotopic (exact) mass is 449 g/mol. The molecule has 1 fully saturated rings. The Kier molecular flexibility index (Phi) is 6.09. The van der Waals surface area contributed by atoms with Gasteiger partial charge in [-0.05, 0) is 61.6 Å². The van der Waals surface area contributed by atoms with E-state index < -0.39 is 33.6 Å². The minimum Gasteiger partial charge on any atom is -0.322 e. The van der Waals surface area contributed by atoms with Crippen LogP contribution in [0, 0.1) is 11.6 Å². The number of aryl methyl sites for hydroxylation is 2. The molecule has 1 atom stereocenters. The van der Waals surface area contributed by atoms with Crippen LogP contribution in [-0.4, -0.2) is 55.8 Å². The lowest BCUT2D eigenvalue weighted by atomic mass is 10.1. The molecule has 0 spiro atoms. The molecule has 1 aliphatic carbocycles. The molecule has 166 valence electrons. The third-order valence-electron chi connectivity index (χ3n) is 6.10. The molecule has 0 radical (unpaired) electrons. The molecule has 1 aliphatic heterocycles. The lowest BCUT2D eigenvalue weighted by Crippen LogP contribution is -2.53. The van der Waals surface area contributed by atoms with Gasteiger partial charge in [-0.15, -0.1) is 0 Å². The Morgan fingerprint density at radius 1 is 1.00 bits per heavy atom. The van der Waals surface area contributed by atoms with Crippen LogP contribution in [0.3, 0.4) is 0 Å². The molecule has 2 aromatic rings. The SMILES string of the molecule is C[C@H](C(=O)Nc1ccc(F)cc1F)N1CCN(S(=O)(=O)c2ccc3c(c2)CCC3)CC1. The minimum atomic E-state index is -3.59. The summed E-state index contributed by atoms with van der Waals surface area (Å²) in [6.45, 7) is 2.97. The van der Waals surface area contributed by atoms with Crippen molar-refractivity contribution in [3.63, 3.8) is 0 Å². The Balaban J connectivity index is 1.38. The fourth-order valence-electron chi connectivity index (χ4n) is 4.18. The average molecular weight is 450 g/mol. The standard InChI is InChI=1S/C22H25F2N3O3S/c1-15(22(28)25-21-8-6-18(23)14-20(21)24)26-9-11-27(12-10-26)31(29,30)19-7-5-16-3-2-4-17(16)13-19/h5-8,13-15H,2-4,9-12H2,1H3,(H,25,28)/t15-/m1/s1. The van der Waals surface area contributed by atoms with E-state index in [2.05, 4.69) is 5.32 Å². The summed E-state index contributed by atoms with van der Waals surface area (Å²) in [4.78, 5) is 14.7. The zero-order chi connectivity index (χ0) is 22.2. The predicted molar refractivity (Wildman–Crippen MR) is 113 cm³/mol. The van der Waals surface area contributed by atoms with Crippen LogP contribution in [-0.2, 0) is 27.7 Å². The Morgan fingerprint density at radius 2 is 1.71 bits per heavy atom. The highest BCUT2D eigenvalue weighted by molar-refractivity contribution is 7.89. The van der Waals surface area contributed by atoms with Gasteiger partial charge in [0.15, 0.2) is 0 Å². The van der Waals surface area contributed by atoms with E-state index in [4.69, 9.17) is 0 Å². The molecule has 31 heavy (non-hydrogen) atoms. The summed E-state index contributed by atoms with van der Waals surface area (Å²) < 4.78 is 54.4. The molecule has 1 amide bonds. The van der Waals surface area contributed by atoms with Gasteiger partial charge in [0, 0.05) is 32.2 Å². The zero-order valence-corrected chi connectivity index (χ0v) is 18.1. The smallest absolute Gasteiger partial charge is 0.243 e. The average Bonchev–Trinajstić information content (AvgIpc) is 3.23. The van der Waals surface area contributed by atoms with Gasteiger partial charge < -0.3 is 5.32 Å². The topological polar surface area (TPSA) is 69.7 Å². The number of carbonyl (C=O) groups excluding carboxylic acids is 1. The number of piperazine rings is 1. The normalized spacial score (nSPS) is 18.5. The highest BCUT2D eigenvalue weighted by Crippen LogP contribution is 2.27. The van der Waals surface area contributed by atoms with Crippen molar-refractivity contribution in [1.29, 1.82) is 0 Å². The van der Waals surface area contributed by atoms with Gasteiger partial charge in [-0.1, -0.05) is 6.07 Å². The van der Waals surface area contributed by atoms with Crippen LogP contribution in [0.4, 0.5) is 14.5 Å². The number of nitrogens with one attached hydrogen (secondary N) is 1. The quantitative estimate of drug-likeness (QED) is 0.762. The second-order valence-electron chi connectivity index (χ2n) is 8.01. The van der Waals surface area contributed by atoms with Crippen LogP contribution >= 0.6 is 0 Å². The number of nitrogens with zero attached hydrogens (tertiary/aromatic N) is 2. The number of hydrogen-bond donors (Lipinski definition) is 1. The van der Waals surface area contributed by atoms with Crippen molar-refractivity contribution in [1.82, 2.24) is 9.21 Å². The molecular weight excluding hydrogens is 424 g/mol. The number of rotatable bonds is 5. The fraction of sp³-hybridized carbons (Fsp3) is 0.409. The number of halogens is 2. The van der Waals surface area contributed by atoms with E-state index in [9.17, 15) is 22.0 Å². The van der Waals surface area contributed by atoms with Crippen molar-refractivity contribution in [3.05, 3.63) is 59.2 Å². The first kappa shape index (κ1) is 21.9. The van der Waals surface area contributed by atoms with E-state index in [0.29, 0.717) is 24.1 Å². The molecule has 0 bridgehead atoms. The maximum atomic E-state index is 13.8. The number of benzene rings is 2. The van der Waals surface area contributed by atoms with Crippen molar-refractivity contribution in [2.75, 3.05) is 31.5 Å². The summed E-state index contributed by atoms with van der Waals surface area (Å²) >= 11 is 0. The van der Waals surface area contributed by atoms with Crippen LogP contribution in [0.25, 0.3) is 0 Å². The summed E-state index contributed by atoms with van der Waals surface area (Å²) in [6, 6.07) is 7.75. The number of sulfonamides is 1. The van der Waals surface area contributed by atoms with Crippen LogP contribution in [0.1, 0.15) is 24.5 Å². The summed E-state index contributed by atoms with van der Waals surface area (Å²) in [6.07, 6.45) is 2.96. The minimum absolute atomic E-state index is 0.0870. The largest absolute Gasteiger partial charge is 0.322 e.